The molecule has 0 fully saturated rings. The minimum absolute atomic E-state index is 0.0407. The lowest BCUT2D eigenvalue weighted by Crippen LogP contribution is -2.38. The zero-order valence-corrected chi connectivity index (χ0v) is 14.8. The van der Waals surface area contributed by atoms with Gasteiger partial charge in [-0.1, -0.05) is 30.3 Å². The highest BCUT2D eigenvalue weighted by atomic mass is 32.2. The van der Waals surface area contributed by atoms with Crippen LogP contribution in [0.4, 0.5) is 5.69 Å². The number of fused-ring (bicyclic) bond motifs is 1. The summed E-state index contributed by atoms with van der Waals surface area (Å²) in [5.74, 6) is 0.218. The second-order valence-corrected chi connectivity index (χ2v) is 7.32. The number of thioether (sulfide) groups is 1. The molecule has 0 saturated heterocycles. The van der Waals surface area contributed by atoms with Crippen LogP contribution in [0.15, 0.2) is 53.4 Å². The molecule has 1 aliphatic rings. The lowest BCUT2D eigenvalue weighted by Gasteiger charge is -2.34. The molecule has 1 unspecified atom stereocenters. The van der Waals surface area contributed by atoms with Gasteiger partial charge in [-0.05, 0) is 45.3 Å². The first kappa shape index (κ1) is 16.9. The van der Waals surface area contributed by atoms with Crippen LogP contribution >= 0.6 is 11.8 Å². The van der Waals surface area contributed by atoms with E-state index in [2.05, 4.69) is 4.90 Å². The maximum atomic E-state index is 13.1. The van der Waals surface area contributed by atoms with E-state index in [0.29, 0.717) is 12.1 Å². The summed E-state index contributed by atoms with van der Waals surface area (Å²) in [6.07, 6.45) is 0.908. The first-order chi connectivity index (χ1) is 11.6. The van der Waals surface area contributed by atoms with E-state index in [1.54, 1.807) is 12.1 Å². The van der Waals surface area contributed by atoms with Gasteiger partial charge in [-0.3, -0.25) is 4.79 Å². The number of para-hydroxylation sites is 2. The van der Waals surface area contributed by atoms with Crippen LogP contribution < -0.4 is 4.90 Å². The van der Waals surface area contributed by atoms with Crippen molar-refractivity contribution in [3.8, 4) is 5.75 Å². The van der Waals surface area contributed by atoms with Crippen molar-refractivity contribution in [3.63, 3.8) is 0 Å². The van der Waals surface area contributed by atoms with Gasteiger partial charge in [0.15, 0.2) is 0 Å². The van der Waals surface area contributed by atoms with Gasteiger partial charge in [0.2, 0.25) is 5.91 Å². The van der Waals surface area contributed by atoms with Gasteiger partial charge in [0.25, 0.3) is 0 Å². The molecule has 0 saturated carbocycles. The number of carbonyl (C=O) groups excluding carboxylic acids is 1. The number of phenolic OH excluding ortho intramolecular Hbond substituents is 1. The molecule has 1 heterocycles. The summed E-state index contributed by atoms with van der Waals surface area (Å²) in [5, 5.41) is 9.77. The molecule has 0 spiro atoms. The van der Waals surface area contributed by atoms with Crippen molar-refractivity contribution >= 4 is 23.4 Å². The Hall–Kier alpha value is -1.98. The van der Waals surface area contributed by atoms with Gasteiger partial charge >= 0.3 is 0 Å². The predicted octanol–water partition coefficient (Wildman–Crippen LogP) is 3.52. The van der Waals surface area contributed by atoms with Crippen LogP contribution in [-0.4, -0.2) is 43.1 Å². The molecule has 1 amide bonds. The fourth-order valence-electron chi connectivity index (χ4n) is 2.90. The van der Waals surface area contributed by atoms with Crippen molar-refractivity contribution in [1.82, 2.24) is 4.90 Å². The minimum atomic E-state index is -0.402. The highest BCUT2D eigenvalue weighted by molar-refractivity contribution is 8.00. The third-order valence-electron chi connectivity index (χ3n) is 4.10. The fraction of sp³-hybridized carbons (Fsp3) is 0.316. The zero-order chi connectivity index (χ0) is 17.1. The monoisotopic (exact) mass is 342 g/mol. The highest BCUT2D eigenvalue weighted by Gasteiger charge is 2.35. The van der Waals surface area contributed by atoms with Gasteiger partial charge in [0, 0.05) is 17.0 Å². The topological polar surface area (TPSA) is 43.8 Å². The van der Waals surface area contributed by atoms with Crippen molar-refractivity contribution in [2.45, 2.75) is 16.6 Å². The molecule has 1 atom stereocenters. The first-order valence-electron chi connectivity index (χ1n) is 8.07. The lowest BCUT2D eigenvalue weighted by molar-refractivity contribution is -0.118. The molecule has 5 heteroatoms. The van der Waals surface area contributed by atoms with Crippen molar-refractivity contribution in [3.05, 3.63) is 54.1 Å². The maximum Gasteiger partial charge on any atom is 0.245 e. The Labute approximate surface area is 147 Å². The number of phenols is 1. The third-order valence-corrected chi connectivity index (χ3v) is 5.39. The van der Waals surface area contributed by atoms with Gasteiger partial charge in [0.1, 0.15) is 11.0 Å². The Morgan fingerprint density at radius 2 is 1.83 bits per heavy atom. The standard InChI is InChI=1S/C19H22N2O2S/c1-20(2)12-7-13-21-15-9-4-6-11-17(15)24-18(19(21)23)14-8-3-5-10-16(14)22/h3-6,8-11,18,22H,7,12-13H2,1-2H3. The van der Waals surface area contributed by atoms with Gasteiger partial charge in [-0.2, -0.15) is 0 Å². The molecule has 0 aliphatic carbocycles. The maximum absolute atomic E-state index is 13.1. The quantitative estimate of drug-likeness (QED) is 0.903. The molecule has 0 aromatic heterocycles. The van der Waals surface area contributed by atoms with Crippen molar-refractivity contribution in [1.29, 1.82) is 0 Å². The number of hydrogen-bond donors (Lipinski definition) is 1. The van der Waals surface area contributed by atoms with Gasteiger partial charge < -0.3 is 14.9 Å². The van der Waals surface area contributed by atoms with E-state index < -0.39 is 5.25 Å². The molecule has 0 radical (unpaired) electrons. The van der Waals surface area contributed by atoms with Gasteiger partial charge in [-0.15, -0.1) is 11.8 Å². The second kappa shape index (κ2) is 7.28. The largest absolute Gasteiger partial charge is 0.508 e. The number of carbonyl (C=O) groups is 1. The Morgan fingerprint density at radius 3 is 2.58 bits per heavy atom. The smallest absolute Gasteiger partial charge is 0.245 e. The molecule has 2 aromatic carbocycles. The first-order valence-corrected chi connectivity index (χ1v) is 8.95. The van der Waals surface area contributed by atoms with E-state index in [1.165, 1.54) is 11.8 Å². The van der Waals surface area contributed by atoms with Crippen molar-refractivity contribution < 1.29 is 9.90 Å². The van der Waals surface area contributed by atoms with E-state index >= 15 is 0 Å². The summed E-state index contributed by atoms with van der Waals surface area (Å²) in [6, 6.07) is 15.1. The molecule has 1 N–H and O–H groups in total. The van der Waals surface area contributed by atoms with Crippen LogP contribution in [0.1, 0.15) is 17.2 Å². The average molecular weight is 342 g/mol. The molecule has 1 aliphatic heterocycles. The number of aromatic hydroxyl groups is 1. The molecule has 3 rings (SSSR count). The SMILES string of the molecule is CN(C)CCCN1C(=O)C(c2ccccc2O)Sc2ccccc21. The normalized spacial score (nSPS) is 17.2. The summed E-state index contributed by atoms with van der Waals surface area (Å²) >= 11 is 1.51. The number of nitrogens with zero attached hydrogens (tertiary/aromatic N) is 2. The molecule has 0 bridgehead atoms. The molecule has 4 nitrogen and oxygen atoms in total. The summed E-state index contributed by atoms with van der Waals surface area (Å²) in [5.41, 5.74) is 1.65. The van der Waals surface area contributed by atoms with Crippen molar-refractivity contribution in [2.75, 3.05) is 32.1 Å². The minimum Gasteiger partial charge on any atom is -0.508 e. The van der Waals surface area contributed by atoms with Gasteiger partial charge in [-0.25, -0.2) is 0 Å². The van der Waals surface area contributed by atoms with Gasteiger partial charge in [0.05, 0.1) is 5.69 Å². The van der Waals surface area contributed by atoms with Crippen LogP contribution in [0.5, 0.6) is 5.75 Å². The fourth-order valence-corrected chi connectivity index (χ4v) is 4.16. The van der Waals surface area contributed by atoms with Crippen molar-refractivity contribution in [2.24, 2.45) is 0 Å². The Morgan fingerprint density at radius 1 is 1.12 bits per heavy atom. The Kier molecular flexibility index (Phi) is 5.11. The number of anilines is 1. The van der Waals surface area contributed by atoms with Crippen LogP contribution in [0.2, 0.25) is 0 Å². The van der Waals surface area contributed by atoms with Crippen LogP contribution in [0.25, 0.3) is 0 Å². The molecular weight excluding hydrogens is 320 g/mol. The summed E-state index contributed by atoms with van der Waals surface area (Å²) < 4.78 is 0. The van der Waals surface area contributed by atoms with Crippen LogP contribution in [-0.2, 0) is 4.79 Å². The highest BCUT2D eigenvalue weighted by Crippen LogP contribution is 2.48. The average Bonchev–Trinajstić information content (AvgIpc) is 2.57. The second-order valence-electron chi connectivity index (χ2n) is 6.17. The summed E-state index contributed by atoms with van der Waals surface area (Å²) in [7, 11) is 4.07. The van der Waals surface area contributed by atoms with Crippen LogP contribution in [0.3, 0.4) is 0 Å². The summed E-state index contributed by atoms with van der Waals surface area (Å²) in [6.45, 7) is 1.61. The molecule has 126 valence electrons. The number of amides is 1. The summed E-state index contributed by atoms with van der Waals surface area (Å²) in [4.78, 5) is 18.2. The lowest BCUT2D eigenvalue weighted by atomic mass is 10.1. The van der Waals surface area contributed by atoms with E-state index in [9.17, 15) is 9.90 Å². The third kappa shape index (κ3) is 3.42. The molecular formula is C19H22N2O2S. The molecule has 24 heavy (non-hydrogen) atoms. The molecule has 2 aromatic rings. The van der Waals surface area contributed by atoms with Crippen LogP contribution in [0, 0.1) is 0 Å². The van der Waals surface area contributed by atoms with E-state index in [-0.39, 0.29) is 11.7 Å². The zero-order valence-electron chi connectivity index (χ0n) is 14.0. The number of rotatable bonds is 5. The number of benzene rings is 2. The number of hydrogen-bond acceptors (Lipinski definition) is 4. The van der Waals surface area contributed by atoms with E-state index in [4.69, 9.17) is 0 Å². The van der Waals surface area contributed by atoms with E-state index in [1.807, 2.05) is 55.4 Å². The predicted molar refractivity (Wildman–Crippen MR) is 98.7 cm³/mol. The Bertz CT molecular complexity index is 733. The van der Waals surface area contributed by atoms with E-state index in [0.717, 1.165) is 23.5 Å². The Balaban J connectivity index is 1.92.